The molecule has 10 N–H and O–H groups in total. The molecule has 1 saturated heterocycles. The smallest absolute Gasteiger partial charge is 0.352 e. The third kappa shape index (κ3) is 7.52. The molecule has 0 radical (unpaired) electrons. The molecule has 3 aromatic heterocycles. The number of rotatable bonds is 12. The van der Waals surface area contributed by atoms with Gasteiger partial charge in [0.1, 0.15) is 27.8 Å². The van der Waals surface area contributed by atoms with Crippen molar-refractivity contribution in [1.29, 1.82) is 0 Å². The number of aliphatic carboxylic acids is 1. The summed E-state index contributed by atoms with van der Waals surface area (Å²) in [5.74, 6) is -6.23. The second-order valence-corrected chi connectivity index (χ2v) is 16.3. The highest BCUT2D eigenvalue weighted by Crippen LogP contribution is 2.42. The van der Waals surface area contributed by atoms with E-state index in [9.17, 15) is 44.1 Å². The van der Waals surface area contributed by atoms with Gasteiger partial charge in [-0.2, -0.15) is 9.50 Å². The van der Waals surface area contributed by atoms with E-state index >= 15 is 0 Å². The zero-order valence-electron chi connectivity index (χ0n) is 30.2. The van der Waals surface area contributed by atoms with E-state index in [1.807, 2.05) is 0 Å². The molecule has 0 spiro atoms. The summed E-state index contributed by atoms with van der Waals surface area (Å²) < 4.78 is 1.42. The molecule has 3 aliphatic rings. The predicted molar refractivity (Wildman–Crippen MR) is 205 cm³/mol. The van der Waals surface area contributed by atoms with Crippen LogP contribution in [0.4, 0.5) is 5.13 Å². The van der Waals surface area contributed by atoms with Gasteiger partial charge in [0.2, 0.25) is 11.4 Å². The molecule has 1 fully saturated rings. The number of β-lactam (4-membered cyclic amide) rings is 1. The number of aryl methyl sites for hydroxylation is 1. The predicted octanol–water partition coefficient (Wildman–Crippen LogP) is -0.347. The number of primary amides is 1. The Morgan fingerprint density at radius 2 is 1.88 bits per heavy atom. The summed E-state index contributed by atoms with van der Waals surface area (Å²) in [5.41, 5.74) is 15.0. The number of aromatic hydroxyl groups is 2. The fourth-order valence-corrected chi connectivity index (χ4v) is 9.27. The molecular weight excluding hydrogens is 821 g/mol. The van der Waals surface area contributed by atoms with Gasteiger partial charge in [0.05, 0.1) is 5.69 Å². The average Bonchev–Trinajstić information content (AvgIpc) is 3.95. The van der Waals surface area contributed by atoms with Crippen LogP contribution in [0.15, 0.2) is 45.0 Å². The summed E-state index contributed by atoms with van der Waals surface area (Å²) in [4.78, 5) is 96.5. The molecule has 58 heavy (non-hydrogen) atoms. The quantitative estimate of drug-likeness (QED) is 0.0226. The van der Waals surface area contributed by atoms with Crippen LogP contribution in [0.5, 0.6) is 11.5 Å². The number of nitrogens with one attached hydrogen (secondary N) is 3. The standard InChI is InChI=1S/C33H32N12O10S3/c1-33(2,30(54)41-40-24(49)12-6-7-17(46)18(47)8-12)55-43-19(16-11-58-31(35)36-16)25(50)38-20-26(51)44-21(29(52)53)13(10-57-28(20)44)9-56-27-14-4-3-5-15(14)37-32-39-23(22(34)48)42-45(27)32/h6-8,11,20,28,46-47H,3-5,9-10H2,1-2H3,(H2,34,48)(H2,35,36)(H,38,50)(H,40,49)(H,41,54)(H,52,53)/t20-,28-/m1/s1. The molecule has 302 valence electrons. The van der Waals surface area contributed by atoms with Crippen molar-refractivity contribution in [3.05, 3.63) is 63.2 Å². The number of anilines is 1. The second kappa shape index (κ2) is 15.5. The molecule has 5 amide bonds. The van der Waals surface area contributed by atoms with Crippen LogP contribution in [0, 0.1) is 0 Å². The molecule has 25 heteroatoms. The van der Waals surface area contributed by atoms with Gasteiger partial charge >= 0.3 is 5.97 Å². The summed E-state index contributed by atoms with van der Waals surface area (Å²) >= 11 is 3.50. The summed E-state index contributed by atoms with van der Waals surface area (Å²) in [7, 11) is 0. The zero-order valence-corrected chi connectivity index (χ0v) is 32.7. The fourth-order valence-electron chi connectivity index (χ4n) is 6.06. The molecule has 1 aliphatic carbocycles. The lowest BCUT2D eigenvalue weighted by molar-refractivity contribution is -0.150. The van der Waals surface area contributed by atoms with Crippen LogP contribution in [0.3, 0.4) is 0 Å². The number of nitrogens with two attached hydrogens (primary N) is 2. The number of hydrogen-bond donors (Lipinski definition) is 8. The van der Waals surface area contributed by atoms with Gasteiger partial charge in [-0.05, 0) is 56.9 Å². The molecule has 2 atom stereocenters. The number of thioether (sulfide) groups is 2. The van der Waals surface area contributed by atoms with E-state index in [2.05, 4.69) is 41.4 Å². The number of aromatic nitrogens is 5. The van der Waals surface area contributed by atoms with Crippen LogP contribution in [-0.4, -0.2) is 115 Å². The molecular formula is C33H32N12O10S3. The highest BCUT2D eigenvalue weighted by Gasteiger charge is 2.54. The van der Waals surface area contributed by atoms with Crippen LogP contribution < -0.4 is 27.6 Å². The van der Waals surface area contributed by atoms with Crippen LogP contribution in [0.1, 0.15) is 58.2 Å². The first-order valence-corrected chi connectivity index (χ1v) is 20.0. The number of hydrogen-bond acceptors (Lipinski definition) is 18. The molecule has 0 unspecified atom stereocenters. The Kier molecular flexibility index (Phi) is 10.6. The Morgan fingerprint density at radius 3 is 2.57 bits per heavy atom. The van der Waals surface area contributed by atoms with Crippen molar-refractivity contribution in [3.63, 3.8) is 0 Å². The SMILES string of the molecule is CC(C)(ON=C(C(=O)N[C@@H]1C(=O)N2C(C(=O)O)=C(CSc3c4c(nc5nc(C(N)=O)nn35)CCC4)CS[C@H]12)c1csc(N)n1)C(=O)NNC(=O)c1ccc(O)c(O)c1. The minimum absolute atomic E-state index is 0.0472. The number of carbonyl (C=O) groups excluding carboxylic acids is 5. The van der Waals surface area contributed by atoms with Gasteiger partial charge in [0.25, 0.3) is 35.3 Å². The van der Waals surface area contributed by atoms with Crippen molar-refractivity contribution in [1.82, 2.24) is 45.6 Å². The monoisotopic (exact) mass is 852 g/mol. The normalized spacial score (nSPS) is 17.7. The lowest BCUT2D eigenvalue weighted by Gasteiger charge is -2.49. The van der Waals surface area contributed by atoms with Crippen LogP contribution >= 0.6 is 34.9 Å². The average molecular weight is 853 g/mol. The summed E-state index contributed by atoms with van der Waals surface area (Å²) in [6, 6.07) is 2.09. The second-order valence-electron chi connectivity index (χ2n) is 13.3. The lowest BCUT2D eigenvalue weighted by Crippen LogP contribution is -2.71. The molecule has 7 rings (SSSR count). The Labute approximate surface area is 338 Å². The van der Waals surface area contributed by atoms with Gasteiger partial charge in [-0.1, -0.05) is 5.16 Å². The minimum Gasteiger partial charge on any atom is -0.504 e. The van der Waals surface area contributed by atoms with E-state index in [-0.39, 0.29) is 45.2 Å². The highest BCUT2D eigenvalue weighted by molar-refractivity contribution is 8.01. The number of oxime groups is 1. The van der Waals surface area contributed by atoms with Gasteiger partial charge in [0.15, 0.2) is 22.3 Å². The fraction of sp³-hybridized carbons (Fsp3) is 0.303. The van der Waals surface area contributed by atoms with Crippen molar-refractivity contribution in [2.24, 2.45) is 10.9 Å². The van der Waals surface area contributed by atoms with E-state index < -0.39 is 69.7 Å². The third-order valence-electron chi connectivity index (χ3n) is 9.02. The number of amides is 5. The number of carboxylic acids is 1. The van der Waals surface area contributed by atoms with E-state index in [0.717, 1.165) is 46.0 Å². The van der Waals surface area contributed by atoms with Gasteiger partial charge in [-0.15, -0.1) is 40.0 Å². The molecule has 0 bridgehead atoms. The maximum atomic E-state index is 13.7. The third-order valence-corrected chi connectivity index (χ3v) is 12.2. The van der Waals surface area contributed by atoms with E-state index in [1.165, 1.54) is 53.3 Å². The number of carbonyl (C=O) groups is 6. The first-order valence-electron chi connectivity index (χ1n) is 17.1. The van der Waals surface area contributed by atoms with Gasteiger partial charge in [-0.3, -0.25) is 39.7 Å². The summed E-state index contributed by atoms with van der Waals surface area (Å²) in [5, 5.41) is 41.5. The van der Waals surface area contributed by atoms with Crippen LogP contribution in [-0.2, 0) is 36.9 Å². The Hall–Kier alpha value is -6.47. The van der Waals surface area contributed by atoms with Crippen molar-refractivity contribution < 1.29 is 48.9 Å². The number of carboxylic acid groups (broad SMARTS) is 1. The molecule has 5 heterocycles. The first-order chi connectivity index (χ1) is 27.5. The number of hydrazine groups is 1. The van der Waals surface area contributed by atoms with Crippen LogP contribution in [0.25, 0.3) is 5.78 Å². The summed E-state index contributed by atoms with van der Waals surface area (Å²) in [6.45, 7) is 2.57. The maximum Gasteiger partial charge on any atom is 0.352 e. The van der Waals surface area contributed by atoms with Crippen molar-refractivity contribution in [2.45, 2.75) is 55.2 Å². The van der Waals surface area contributed by atoms with Crippen molar-refractivity contribution >= 4 is 87.0 Å². The van der Waals surface area contributed by atoms with E-state index in [0.29, 0.717) is 23.4 Å². The summed E-state index contributed by atoms with van der Waals surface area (Å²) in [6.07, 6.45) is 2.24. The number of phenols is 2. The van der Waals surface area contributed by atoms with Crippen molar-refractivity contribution in [3.8, 4) is 11.5 Å². The van der Waals surface area contributed by atoms with Crippen LogP contribution in [0.2, 0.25) is 0 Å². The number of nitrogens with zero attached hydrogens (tertiary/aromatic N) is 7. The molecule has 4 aromatic rings. The number of thiazole rings is 1. The minimum atomic E-state index is -1.82. The Morgan fingerprint density at radius 1 is 1.10 bits per heavy atom. The highest BCUT2D eigenvalue weighted by atomic mass is 32.2. The topological polar surface area (TPSA) is 332 Å². The van der Waals surface area contributed by atoms with Crippen molar-refractivity contribution in [2.75, 3.05) is 17.2 Å². The zero-order chi connectivity index (χ0) is 41.6. The number of benzene rings is 1. The molecule has 1 aromatic carbocycles. The molecule has 22 nitrogen and oxygen atoms in total. The number of nitrogen functional groups attached to an aromatic ring is 1. The lowest BCUT2D eigenvalue weighted by atomic mass is 10.0. The Bertz CT molecular complexity index is 2500. The number of phenolic OH excluding ortho intramolecular Hbond substituents is 2. The van der Waals surface area contributed by atoms with Gasteiger partial charge in [0, 0.05) is 28.0 Å². The van der Waals surface area contributed by atoms with E-state index in [4.69, 9.17) is 16.3 Å². The van der Waals surface area contributed by atoms with E-state index in [1.54, 1.807) is 0 Å². The number of fused-ring (bicyclic) bond motifs is 3. The first kappa shape index (κ1) is 39.8. The largest absolute Gasteiger partial charge is 0.504 e. The maximum absolute atomic E-state index is 13.7. The van der Waals surface area contributed by atoms with Gasteiger partial charge in [-0.25, -0.2) is 14.8 Å². The molecule has 0 saturated carbocycles. The van der Waals surface area contributed by atoms with Gasteiger partial charge < -0.3 is 36.9 Å². The molecule has 2 aliphatic heterocycles. The Balaban J connectivity index is 1.05.